The van der Waals surface area contributed by atoms with Gasteiger partial charge in [-0.2, -0.15) is 0 Å². The molecule has 5 nitrogen and oxygen atoms in total. The molecule has 5 rings (SSSR count). The van der Waals surface area contributed by atoms with Crippen molar-refractivity contribution in [3.05, 3.63) is 71.3 Å². The minimum Gasteiger partial charge on any atom is -0.299 e. The normalized spacial score (nSPS) is 16.9. The summed E-state index contributed by atoms with van der Waals surface area (Å²) in [4.78, 5) is 21.4. The lowest BCUT2D eigenvalue weighted by Crippen LogP contribution is -2.45. The first-order valence-corrected chi connectivity index (χ1v) is 27.3. The average molecular weight is 966 g/mol. The molecule has 5 heteroatoms. The van der Waals surface area contributed by atoms with E-state index in [0.29, 0.717) is 27.6 Å². The van der Waals surface area contributed by atoms with Gasteiger partial charge in [-0.25, -0.2) is 0 Å². The number of carbonyl (C=O) groups excluding carboxylic acids is 1. The first-order chi connectivity index (χ1) is 30.7. The SMILES string of the molecule is C.C.CC(=O)c1cccc(CC(C)(C)C)c1.CC(C)(C)CCc1ccccc1.CC(C)(C)N1CCCCC1.CC(C)(C)N1CCCCCC1.CC1CCN(C(C)(C)C)CC1.CCN(CC)C(C)(C)C. The Morgan fingerprint density at radius 1 is 0.522 bits per heavy atom. The summed E-state index contributed by atoms with van der Waals surface area (Å²) < 4.78 is 0. The highest BCUT2D eigenvalue weighted by Crippen LogP contribution is 2.25. The Hall–Kier alpha value is -2.05. The fourth-order valence-corrected chi connectivity index (χ4v) is 8.83. The van der Waals surface area contributed by atoms with E-state index in [0.717, 1.165) is 31.0 Å². The highest BCUT2D eigenvalue weighted by molar-refractivity contribution is 5.94. The second-order valence-corrected chi connectivity index (χ2v) is 26.5. The molecule has 3 saturated heterocycles. The van der Waals surface area contributed by atoms with Crippen LogP contribution in [0.1, 0.15) is 253 Å². The van der Waals surface area contributed by atoms with Crippen LogP contribution in [0.25, 0.3) is 0 Å². The van der Waals surface area contributed by atoms with Crippen LogP contribution < -0.4 is 0 Å². The van der Waals surface area contributed by atoms with Gasteiger partial charge in [0.1, 0.15) is 0 Å². The van der Waals surface area contributed by atoms with Gasteiger partial charge in [0.15, 0.2) is 5.78 Å². The van der Waals surface area contributed by atoms with Crippen molar-refractivity contribution >= 4 is 5.78 Å². The molecule has 3 aliphatic heterocycles. The quantitative estimate of drug-likeness (QED) is 0.269. The van der Waals surface area contributed by atoms with Crippen LogP contribution in [0.15, 0.2) is 54.6 Å². The zero-order valence-corrected chi connectivity index (χ0v) is 49.1. The van der Waals surface area contributed by atoms with E-state index in [1.54, 1.807) is 6.92 Å². The first-order valence-electron chi connectivity index (χ1n) is 27.3. The van der Waals surface area contributed by atoms with E-state index in [4.69, 9.17) is 0 Å². The number of rotatable bonds is 6. The van der Waals surface area contributed by atoms with E-state index in [1.165, 1.54) is 121 Å². The van der Waals surface area contributed by atoms with Gasteiger partial charge < -0.3 is 0 Å². The molecule has 0 bridgehead atoms. The predicted molar refractivity (Wildman–Crippen MR) is 315 cm³/mol. The van der Waals surface area contributed by atoms with Crippen molar-refractivity contribution < 1.29 is 4.79 Å². The van der Waals surface area contributed by atoms with E-state index in [-0.39, 0.29) is 26.1 Å². The molecule has 0 spiro atoms. The fourth-order valence-electron chi connectivity index (χ4n) is 8.83. The summed E-state index contributed by atoms with van der Waals surface area (Å²) in [5, 5.41) is 0. The molecule has 0 aliphatic carbocycles. The van der Waals surface area contributed by atoms with Crippen LogP contribution >= 0.6 is 0 Å². The molecular weight excluding hydrogens is 841 g/mol. The maximum absolute atomic E-state index is 11.2. The monoisotopic (exact) mass is 965 g/mol. The Kier molecular flexibility index (Phi) is 35.5. The Balaban J connectivity index is -0.000000757. The molecular formula is C64H124N4O. The molecule has 2 aromatic rings. The van der Waals surface area contributed by atoms with Crippen LogP contribution in [-0.4, -0.2) is 99.9 Å². The minimum absolute atomic E-state index is 0. The highest BCUT2D eigenvalue weighted by Gasteiger charge is 2.25. The molecule has 0 radical (unpaired) electrons. The van der Waals surface area contributed by atoms with E-state index >= 15 is 0 Å². The zero-order chi connectivity index (χ0) is 51.7. The van der Waals surface area contributed by atoms with Crippen molar-refractivity contribution in [2.75, 3.05) is 52.4 Å². The summed E-state index contributed by atoms with van der Waals surface area (Å²) in [5.74, 6) is 1.09. The summed E-state index contributed by atoms with van der Waals surface area (Å²) in [6.45, 7) is 59.5. The standard InChI is InChI=1S/C13H18O.C12H18.2C10H21N.C9H19N.C8H19N.2CH4/c1-10(14)12-7-5-6-11(8-12)9-13(2,3)4;1-12(2,3)10-9-11-7-5-4-6-8-11;1-9-5-7-11(8-6-9)10(2,3)4;1-10(2,3)11-8-6-4-5-7-9-11;1-9(2,3)10-7-5-4-6-8-10;1-6-9(7-2)8(3,4)5;;/h5-8H,9H2,1-4H3;4-8H,9-10H2,1-3H3;9H,5-8H2,1-4H3;4-9H2,1-3H3;4-8H2,1-3H3;6-7H2,1-5H3;2*1H4. The predicted octanol–water partition coefficient (Wildman–Crippen LogP) is 18.0. The van der Waals surface area contributed by atoms with Gasteiger partial charge >= 0.3 is 0 Å². The molecule has 0 aromatic heterocycles. The number of carbonyl (C=O) groups is 1. The number of likely N-dealkylation sites (tertiary alicyclic amines) is 3. The topological polar surface area (TPSA) is 30.0 Å². The van der Waals surface area contributed by atoms with Crippen molar-refractivity contribution in [2.24, 2.45) is 16.7 Å². The third-order valence-electron chi connectivity index (χ3n) is 13.4. The molecule has 0 N–H and O–H groups in total. The molecule has 69 heavy (non-hydrogen) atoms. The van der Waals surface area contributed by atoms with Gasteiger partial charge in [-0.15, -0.1) is 0 Å². The summed E-state index contributed by atoms with van der Waals surface area (Å²) in [6, 6.07) is 18.6. The minimum atomic E-state index is 0. The van der Waals surface area contributed by atoms with Crippen molar-refractivity contribution in [3.8, 4) is 0 Å². The smallest absolute Gasteiger partial charge is 0.159 e. The molecule has 3 fully saturated rings. The Morgan fingerprint density at radius 3 is 1.22 bits per heavy atom. The number of hydrogen-bond acceptors (Lipinski definition) is 5. The van der Waals surface area contributed by atoms with Crippen LogP contribution in [0.4, 0.5) is 0 Å². The van der Waals surface area contributed by atoms with Crippen molar-refractivity contribution in [1.82, 2.24) is 19.6 Å². The zero-order valence-electron chi connectivity index (χ0n) is 49.1. The van der Waals surface area contributed by atoms with Crippen molar-refractivity contribution in [3.63, 3.8) is 0 Å². The molecule has 0 atom stereocenters. The summed E-state index contributed by atoms with van der Waals surface area (Å²) in [5.41, 5.74) is 5.77. The van der Waals surface area contributed by atoms with Crippen LogP contribution in [-0.2, 0) is 12.8 Å². The lowest BCUT2D eigenvalue weighted by molar-refractivity contribution is 0.0916. The maximum atomic E-state index is 11.2. The van der Waals surface area contributed by atoms with E-state index in [1.807, 2.05) is 18.2 Å². The number of piperidine rings is 2. The third-order valence-corrected chi connectivity index (χ3v) is 13.4. The second kappa shape index (κ2) is 34.4. The van der Waals surface area contributed by atoms with Gasteiger partial charge in [-0.05, 0) is 234 Å². The number of benzene rings is 2. The number of aryl methyl sites for hydroxylation is 1. The lowest BCUT2D eigenvalue weighted by atomic mass is 9.87. The lowest BCUT2D eigenvalue weighted by Gasteiger charge is -2.40. The van der Waals surface area contributed by atoms with Crippen LogP contribution in [0.3, 0.4) is 0 Å². The van der Waals surface area contributed by atoms with Crippen LogP contribution in [0.2, 0.25) is 0 Å². The van der Waals surface area contributed by atoms with E-state index < -0.39 is 0 Å². The van der Waals surface area contributed by atoms with Gasteiger partial charge in [-0.3, -0.25) is 24.4 Å². The van der Waals surface area contributed by atoms with Crippen LogP contribution in [0.5, 0.6) is 0 Å². The highest BCUT2D eigenvalue weighted by atomic mass is 16.1. The second-order valence-electron chi connectivity index (χ2n) is 26.5. The Bertz CT molecular complexity index is 1510. The molecule has 0 unspecified atom stereocenters. The van der Waals surface area contributed by atoms with E-state index in [2.05, 4.69) is 201 Å². The maximum Gasteiger partial charge on any atom is 0.159 e. The number of hydrogen-bond donors (Lipinski definition) is 0. The molecule has 0 amide bonds. The van der Waals surface area contributed by atoms with Crippen molar-refractivity contribution in [2.45, 2.75) is 266 Å². The largest absolute Gasteiger partial charge is 0.299 e. The number of Topliss-reactive ketones (excluding diaryl/α,β-unsaturated/α-hetero) is 1. The van der Waals surface area contributed by atoms with Gasteiger partial charge in [0.25, 0.3) is 0 Å². The Morgan fingerprint density at radius 2 is 0.899 bits per heavy atom. The fraction of sp³-hybridized carbons (Fsp3) is 0.797. The first kappa shape index (κ1) is 71.2. The molecule has 3 aliphatic rings. The van der Waals surface area contributed by atoms with Gasteiger partial charge in [0.2, 0.25) is 0 Å². The number of ketones is 1. The van der Waals surface area contributed by atoms with Gasteiger partial charge in [-0.1, -0.05) is 145 Å². The van der Waals surface area contributed by atoms with Gasteiger partial charge in [0.05, 0.1) is 0 Å². The number of nitrogens with zero attached hydrogens (tertiary/aromatic N) is 4. The van der Waals surface area contributed by atoms with Crippen LogP contribution in [0, 0.1) is 16.7 Å². The molecule has 406 valence electrons. The molecule has 0 saturated carbocycles. The summed E-state index contributed by atoms with van der Waals surface area (Å²) in [7, 11) is 0. The van der Waals surface area contributed by atoms with Crippen molar-refractivity contribution in [1.29, 1.82) is 0 Å². The molecule has 3 heterocycles. The molecule has 2 aromatic carbocycles. The summed E-state index contributed by atoms with van der Waals surface area (Å²) in [6.07, 6.45) is 16.2. The van der Waals surface area contributed by atoms with Gasteiger partial charge in [0, 0.05) is 27.7 Å². The van der Waals surface area contributed by atoms with E-state index in [9.17, 15) is 4.79 Å². The third kappa shape index (κ3) is 36.5. The summed E-state index contributed by atoms with van der Waals surface area (Å²) >= 11 is 0. The Labute approximate surface area is 435 Å². The average Bonchev–Trinajstić information content (AvgIpc) is 3.52.